The standard InChI is InChI=1S/C10H9N/c11-10-7-3-5-8-4-1-2-6-9(8)10/h1-7,10-11H. The minimum atomic E-state index is -0.170. The van der Waals surface area contributed by atoms with Gasteiger partial charge < -0.3 is 0 Å². The maximum absolute atomic E-state index is 7.65. The molecule has 2 rings (SSSR count). The zero-order valence-corrected chi connectivity index (χ0v) is 6.12. The fourth-order valence-corrected chi connectivity index (χ4v) is 1.32. The Labute approximate surface area is 66.5 Å². The van der Waals surface area contributed by atoms with Crippen molar-refractivity contribution in [1.29, 1.82) is 0 Å². The van der Waals surface area contributed by atoms with E-state index in [2.05, 4.69) is 0 Å². The third kappa shape index (κ3) is 1.08. The van der Waals surface area contributed by atoms with Crippen molar-refractivity contribution in [3.63, 3.8) is 0 Å². The molecule has 1 aliphatic carbocycles. The molecular weight excluding hydrogens is 134 g/mol. The Hall–Kier alpha value is -1.08. The van der Waals surface area contributed by atoms with Crippen molar-refractivity contribution in [3.8, 4) is 0 Å². The number of hydrogen-bond donors (Lipinski definition) is 0. The fourth-order valence-electron chi connectivity index (χ4n) is 1.32. The lowest BCUT2D eigenvalue weighted by Crippen LogP contribution is -2.03. The average Bonchev–Trinajstić information content (AvgIpc) is 2.06. The molecule has 0 heterocycles. The van der Waals surface area contributed by atoms with Gasteiger partial charge in [-0.1, -0.05) is 36.4 Å². The summed E-state index contributed by atoms with van der Waals surface area (Å²) in [5.41, 5.74) is 9.93. The molecule has 11 heavy (non-hydrogen) atoms. The van der Waals surface area contributed by atoms with Crippen LogP contribution in [0, 0.1) is 6.42 Å². The van der Waals surface area contributed by atoms with Gasteiger partial charge in [0.15, 0.2) is 0 Å². The molecule has 0 saturated heterocycles. The summed E-state index contributed by atoms with van der Waals surface area (Å²) in [6.07, 6.45) is 5.88. The molecule has 2 radical (unpaired) electrons. The van der Waals surface area contributed by atoms with E-state index in [9.17, 15) is 0 Å². The molecule has 0 amide bonds. The van der Waals surface area contributed by atoms with Gasteiger partial charge in [-0.25, -0.2) is 5.73 Å². The molecule has 0 bridgehead atoms. The van der Waals surface area contributed by atoms with E-state index in [1.54, 1.807) is 0 Å². The van der Waals surface area contributed by atoms with Crippen molar-refractivity contribution >= 4 is 0 Å². The van der Waals surface area contributed by atoms with Crippen LogP contribution in [0.5, 0.6) is 0 Å². The number of rotatable bonds is 0. The fraction of sp³-hybridized carbons (Fsp3) is 0.100. The number of hydrogen-bond acceptors (Lipinski definition) is 0. The van der Waals surface area contributed by atoms with Crippen molar-refractivity contribution < 1.29 is 0 Å². The highest BCUT2D eigenvalue weighted by atomic mass is 14.6. The highest BCUT2D eigenvalue weighted by Crippen LogP contribution is 2.24. The van der Waals surface area contributed by atoms with E-state index in [0.717, 1.165) is 5.56 Å². The monoisotopic (exact) mass is 143 g/mol. The topological polar surface area (TPSA) is 23.8 Å². The van der Waals surface area contributed by atoms with Crippen LogP contribution in [0.2, 0.25) is 0 Å². The van der Waals surface area contributed by atoms with Crippen molar-refractivity contribution in [2.75, 3.05) is 0 Å². The van der Waals surface area contributed by atoms with Gasteiger partial charge in [0.05, 0.1) is 6.04 Å². The van der Waals surface area contributed by atoms with Crippen molar-refractivity contribution in [1.82, 2.24) is 5.73 Å². The number of allylic oxidation sites excluding steroid dienone is 1. The number of nitrogens with one attached hydrogen (secondary N) is 1. The predicted octanol–water partition coefficient (Wildman–Crippen LogP) is 2.13. The first-order valence-electron chi connectivity index (χ1n) is 3.69. The first-order chi connectivity index (χ1) is 5.38. The Morgan fingerprint density at radius 2 is 2.00 bits per heavy atom. The van der Waals surface area contributed by atoms with Gasteiger partial charge in [0.25, 0.3) is 0 Å². The Bertz CT molecular complexity index is 289. The van der Waals surface area contributed by atoms with Crippen LogP contribution in [-0.4, -0.2) is 0 Å². The van der Waals surface area contributed by atoms with Crippen LogP contribution in [0.3, 0.4) is 0 Å². The Morgan fingerprint density at radius 1 is 1.18 bits per heavy atom. The van der Waals surface area contributed by atoms with Gasteiger partial charge in [0.1, 0.15) is 0 Å². The van der Waals surface area contributed by atoms with Gasteiger partial charge in [-0.15, -0.1) is 0 Å². The summed E-state index contributed by atoms with van der Waals surface area (Å²) in [7, 11) is 0. The molecule has 0 aromatic heterocycles. The van der Waals surface area contributed by atoms with Gasteiger partial charge >= 0.3 is 0 Å². The van der Waals surface area contributed by atoms with Gasteiger partial charge in [-0.3, -0.25) is 0 Å². The van der Waals surface area contributed by atoms with E-state index in [0.29, 0.717) is 0 Å². The predicted molar refractivity (Wildman–Crippen MR) is 44.8 cm³/mol. The van der Waals surface area contributed by atoms with E-state index >= 15 is 0 Å². The molecule has 0 fully saturated rings. The molecule has 1 aliphatic rings. The van der Waals surface area contributed by atoms with Crippen LogP contribution in [0.15, 0.2) is 36.4 Å². The molecule has 1 aromatic rings. The molecule has 1 unspecified atom stereocenters. The van der Waals surface area contributed by atoms with Gasteiger partial charge in [0.2, 0.25) is 0 Å². The molecule has 1 aromatic carbocycles. The van der Waals surface area contributed by atoms with Crippen LogP contribution in [0.25, 0.3) is 0 Å². The first-order valence-corrected chi connectivity index (χ1v) is 3.69. The second kappa shape index (κ2) is 2.51. The number of fused-ring (bicyclic) bond motifs is 1. The van der Waals surface area contributed by atoms with Crippen LogP contribution in [0.4, 0.5) is 0 Å². The highest BCUT2D eigenvalue weighted by Gasteiger charge is 2.10. The van der Waals surface area contributed by atoms with Gasteiger partial charge in [-0.2, -0.15) is 0 Å². The highest BCUT2D eigenvalue weighted by molar-refractivity contribution is 5.43. The summed E-state index contributed by atoms with van der Waals surface area (Å²) >= 11 is 0. The lowest BCUT2D eigenvalue weighted by Gasteiger charge is -2.14. The van der Waals surface area contributed by atoms with E-state index < -0.39 is 0 Å². The Kier molecular flexibility index (Phi) is 1.51. The van der Waals surface area contributed by atoms with Crippen LogP contribution >= 0.6 is 0 Å². The second-order valence-corrected chi connectivity index (χ2v) is 2.66. The molecule has 1 nitrogen and oxygen atoms in total. The van der Waals surface area contributed by atoms with Gasteiger partial charge in [-0.05, 0) is 11.1 Å². The normalized spacial score (nSPS) is 21.4. The average molecular weight is 143 g/mol. The van der Waals surface area contributed by atoms with E-state index in [4.69, 9.17) is 5.73 Å². The maximum atomic E-state index is 7.65. The summed E-state index contributed by atoms with van der Waals surface area (Å²) in [4.78, 5) is 0. The quantitative estimate of drug-likeness (QED) is 0.531. The second-order valence-electron chi connectivity index (χ2n) is 2.66. The summed E-state index contributed by atoms with van der Waals surface area (Å²) in [6, 6.07) is 7.86. The summed E-state index contributed by atoms with van der Waals surface area (Å²) in [5, 5.41) is 0. The lowest BCUT2D eigenvalue weighted by molar-refractivity contribution is 0.857. The lowest BCUT2D eigenvalue weighted by atomic mass is 9.94. The zero-order valence-electron chi connectivity index (χ0n) is 6.12. The van der Waals surface area contributed by atoms with Crippen molar-refractivity contribution in [3.05, 3.63) is 54.0 Å². The SMILES string of the molecule is [NH]C1C=C[CH]c2ccccc21. The number of benzene rings is 1. The summed E-state index contributed by atoms with van der Waals surface area (Å²) in [5.74, 6) is 0. The summed E-state index contributed by atoms with van der Waals surface area (Å²) < 4.78 is 0. The van der Waals surface area contributed by atoms with Crippen LogP contribution in [-0.2, 0) is 0 Å². The minimum absolute atomic E-state index is 0.170. The third-order valence-electron chi connectivity index (χ3n) is 1.91. The van der Waals surface area contributed by atoms with Crippen LogP contribution in [0.1, 0.15) is 17.2 Å². The minimum Gasteiger partial charge on any atom is -0.246 e. The molecule has 1 heteroatoms. The molecule has 1 atom stereocenters. The molecule has 0 spiro atoms. The van der Waals surface area contributed by atoms with Crippen molar-refractivity contribution in [2.45, 2.75) is 6.04 Å². The molecule has 1 N–H and O–H groups in total. The van der Waals surface area contributed by atoms with E-state index in [1.807, 2.05) is 42.8 Å². The molecule has 54 valence electrons. The van der Waals surface area contributed by atoms with E-state index in [-0.39, 0.29) is 6.04 Å². The summed E-state index contributed by atoms with van der Waals surface area (Å²) in [6.45, 7) is 0. The van der Waals surface area contributed by atoms with Gasteiger partial charge in [0, 0.05) is 6.42 Å². The molecular formula is C10H9N. The molecule has 0 saturated carbocycles. The Morgan fingerprint density at radius 3 is 2.82 bits per heavy atom. The van der Waals surface area contributed by atoms with Crippen LogP contribution < -0.4 is 5.73 Å². The third-order valence-corrected chi connectivity index (χ3v) is 1.91. The zero-order chi connectivity index (χ0) is 7.68. The maximum Gasteiger partial charge on any atom is 0.0646 e. The molecule has 0 aliphatic heterocycles. The van der Waals surface area contributed by atoms with E-state index in [1.165, 1.54) is 5.56 Å². The first kappa shape index (κ1) is 6.62. The smallest absolute Gasteiger partial charge is 0.0646 e. The van der Waals surface area contributed by atoms with Crippen molar-refractivity contribution in [2.24, 2.45) is 0 Å². The Balaban J connectivity index is 2.50. The largest absolute Gasteiger partial charge is 0.246 e.